The number of Topliss-reactive ketones (excluding diaryl/α,β-unsaturated/α-hetero) is 2. The van der Waals surface area contributed by atoms with Gasteiger partial charge in [-0.1, -0.05) is 84.9 Å². The Morgan fingerprint density at radius 1 is 0.750 bits per heavy atom. The van der Waals surface area contributed by atoms with Gasteiger partial charge in [0, 0.05) is 36.2 Å². The number of aryl methyl sites for hydroxylation is 1. The molecule has 140 valence electrons. The van der Waals surface area contributed by atoms with Gasteiger partial charge in [-0.3, -0.25) is 9.59 Å². The van der Waals surface area contributed by atoms with Crippen molar-refractivity contribution in [2.75, 3.05) is 0 Å². The van der Waals surface area contributed by atoms with Gasteiger partial charge in [-0.25, -0.2) is 0 Å². The Morgan fingerprint density at radius 3 is 2.00 bits per heavy atom. The summed E-state index contributed by atoms with van der Waals surface area (Å²) < 4.78 is 0. The van der Waals surface area contributed by atoms with Crippen molar-refractivity contribution in [3.8, 4) is 0 Å². The zero-order valence-corrected chi connectivity index (χ0v) is 16.0. The molecule has 2 nitrogen and oxygen atoms in total. The first-order valence-electron chi connectivity index (χ1n) is 9.86. The Kier molecular flexibility index (Phi) is 5.21. The van der Waals surface area contributed by atoms with Crippen LogP contribution in [-0.4, -0.2) is 11.6 Å². The average molecular weight is 368 g/mol. The van der Waals surface area contributed by atoms with Crippen LogP contribution in [0, 0.1) is 12.8 Å². The van der Waals surface area contributed by atoms with Crippen LogP contribution < -0.4 is 0 Å². The van der Waals surface area contributed by atoms with Gasteiger partial charge in [-0.05, 0) is 23.6 Å². The lowest BCUT2D eigenvalue weighted by molar-refractivity contribution is -0.121. The first kappa shape index (κ1) is 18.4. The third-order valence-corrected chi connectivity index (χ3v) is 5.94. The fourth-order valence-electron chi connectivity index (χ4n) is 4.60. The van der Waals surface area contributed by atoms with Crippen molar-refractivity contribution in [2.24, 2.45) is 5.92 Å². The molecule has 1 aliphatic rings. The highest BCUT2D eigenvalue weighted by Crippen LogP contribution is 2.47. The Hall–Kier alpha value is -3.00. The minimum absolute atomic E-state index is 0.0969. The van der Waals surface area contributed by atoms with E-state index in [1.807, 2.05) is 72.8 Å². The molecule has 0 amide bonds. The molecule has 3 unspecified atom stereocenters. The van der Waals surface area contributed by atoms with Gasteiger partial charge in [0.2, 0.25) is 0 Å². The molecule has 1 aliphatic carbocycles. The van der Waals surface area contributed by atoms with Gasteiger partial charge in [-0.15, -0.1) is 0 Å². The van der Waals surface area contributed by atoms with Gasteiger partial charge >= 0.3 is 0 Å². The number of carbonyl (C=O) groups excluding carboxylic acids is 2. The van der Waals surface area contributed by atoms with Gasteiger partial charge in [0.1, 0.15) is 5.78 Å². The molecule has 0 N–H and O–H groups in total. The average Bonchev–Trinajstić information content (AvgIpc) is 2.74. The normalized spacial score (nSPS) is 22.0. The van der Waals surface area contributed by atoms with Crippen molar-refractivity contribution >= 4 is 11.6 Å². The lowest BCUT2D eigenvalue weighted by Gasteiger charge is -2.38. The molecule has 0 bridgehead atoms. The van der Waals surface area contributed by atoms with Gasteiger partial charge in [-0.2, -0.15) is 0 Å². The molecule has 1 fully saturated rings. The first-order chi connectivity index (χ1) is 13.6. The number of rotatable bonds is 4. The van der Waals surface area contributed by atoms with Crippen LogP contribution >= 0.6 is 0 Å². The quantitative estimate of drug-likeness (QED) is 0.552. The molecule has 4 rings (SSSR count). The molecule has 0 aromatic heterocycles. The molecule has 0 spiro atoms. The largest absolute Gasteiger partial charge is 0.300 e. The molecular weight excluding hydrogens is 344 g/mol. The number of hydrogen-bond donors (Lipinski definition) is 0. The van der Waals surface area contributed by atoms with Crippen LogP contribution in [0.5, 0.6) is 0 Å². The van der Waals surface area contributed by atoms with E-state index in [9.17, 15) is 9.59 Å². The van der Waals surface area contributed by atoms with E-state index in [2.05, 4.69) is 19.1 Å². The summed E-state index contributed by atoms with van der Waals surface area (Å²) in [6.07, 6.45) is 0.854. The van der Waals surface area contributed by atoms with E-state index in [4.69, 9.17) is 0 Å². The van der Waals surface area contributed by atoms with Crippen LogP contribution in [0.25, 0.3) is 0 Å². The summed E-state index contributed by atoms with van der Waals surface area (Å²) in [4.78, 5) is 26.4. The van der Waals surface area contributed by atoms with E-state index in [1.165, 1.54) is 0 Å². The Labute approximate surface area is 166 Å². The van der Waals surface area contributed by atoms with E-state index < -0.39 is 0 Å². The maximum absolute atomic E-state index is 13.7. The lowest BCUT2D eigenvalue weighted by Crippen LogP contribution is -2.36. The smallest absolute Gasteiger partial charge is 0.167 e. The summed E-state index contributed by atoms with van der Waals surface area (Å²) in [7, 11) is 0. The van der Waals surface area contributed by atoms with Gasteiger partial charge < -0.3 is 0 Å². The standard InChI is InChI=1S/C26H24O2/c1-18-10-8-9-15-22(18)24-17-21(27)16-23(19-11-4-2-5-12-19)25(24)26(28)20-13-6-3-7-14-20/h2-15,23-25H,16-17H2,1H3. The second kappa shape index (κ2) is 7.93. The predicted octanol–water partition coefficient (Wildman–Crippen LogP) is 5.72. The molecule has 1 saturated carbocycles. The first-order valence-corrected chi connectivity index (χ1v) is 9.86. The van der Waals surface area contributed by atoms with Crippen molar-refractivity contribution in [3.05, 3.63) is 107 Å². The maximum atomic E-state index is 13.7. The minimum atomic E-state index is -0.247. The number of ketones is 2. The Balaban J connectivity index is 1.84. The minimum Gasteiger partial charge on any atom is -0.300 e. The van der Waals surface area contributed by atoms with Crippen LogP contribution in [0.15, 0.2) is 84.9 Å². The fourth-order valence-corrected chi connectivity index (χ4v) is 4.60. The molecule has 0 heterocycles. The van der Waals surface area contributed by atoms with Gasteiger partial charge in [0.05, 0.1) is 0 Å². The van der Waals surface area contributed by atoms with E-state index in [-0.39, 0.29) is 29.3 Å². The van der Waals surface area contributed by atoms with E-state index in [0.717, 1.165) is 22.3 Å². The molecule has 3 atom stereocenters. The Morgan fingerprint density at radius 2 is 1.32 bits per heavy atom. The van der Waals surface area contributed by atoms with E-state index in [1.54, 1.807) is 0 Å². The van der Waals surface area contributed by atoms with Crippen molar-refractivity contribution in [1.82, 2.24) is 0 Å². The maximum Gasteiger partial charge on any atom is 0.167 e. The lowest BCUT2D eigenvalue weighted by atomic mass is 9.64. The molecule has 3 aromatic carbocycles. The molecule has 2 heteroatoms. The van der Waals surface area contributed by atoms with Gasteiger partial charge in [0.15, 0.2) is 5.78 Å². The third-order valence-electron chi connectivity index (χ3n) is 5.94. The summed E-state index contributed by atoms with van der Waals surface area (Å²) in [5.74, 6) is -0.0712. The summed E-state index contributed by atoms with van der Waals surface area (Å²) in [6, 6.07) is 27.7. The SMILES string of the molecule is Cc1ccccc1C1CC(=O)CC(c2ccccc2)C1C(=O)c1ccccc1. The monoisotopic (exact) mass is 368 g/mol. The van der Waals surface area contributed by atoms with Gasteiger partial charge in [0.25, 0.3) is 0 Å². The summed E-state index contributed by atoms with van der Waals surface area (Å²) >= 11 is 0. The summed E-state index contributed by atoms with van der Waals surface area (Å²) in [5.41, 5.74) is 4.05. The number of hydrogen-bond acceptors (Lipinski definition) is 2. The second-order valence-electron chi connectivity index (χ2n) is 7.68. The van der Waals surface area contributed by atoms with Crippen molar-refractivity contribution < 1.29 is 9.59 Å². The predicted molar refractivity (Wildman–Crippen MR) is 112 cm³/mol. The topological polar surface area (TPSA) is 34.1 Å². The van der Waals surface area contributed by atoms with E-state index in [0.29, 0.717) is 12.8 Å². The zero-order valence-electron chi connectivity index (χ0n) is 16.0. The highest BCUT2D eigenvalue weighted by atomic mass is 16.1. The second-order valence-corrected chi connectivity index (χ2v) is 7.68. The van der Waals surface area contributed by atoms with Crippen molar-refractivity contribution in [1.29, 1.82) is 0 Å². The van der Waals surface area contributed by atoms with Crippen LogP contribution in [-0.2, 0) is 4.79 Å². The van der Waals surface area contributed by atoms with Crippen molar-refractivity contribution in [3.63, 3.8) is 0 Å². The van der Waals surface area contributed by atoms with Crippen molar-refractivity contribution in [2.45, 2.75) is 31.6 Å². The van der Waals surface area contributed by atoms with Crippen LogP contribution in [0.2, 0.25) is 0 Å². The molecule has 0 saturated heterocycles. The van der Waals surface area contributed by atoms with E-state index >= 15 is 0 Å². The highest BCUT2D eigenvalue weighted by molar-refractivity contribution is 6.00. The number of carbonyl (C=O) groups is 2. The van der Waals surface area contributed by atoms with Crippen LogP contribution in [0.1, 0.15) is 51.7 Å². The molecule has 3 aromatic rings. The summed E-state index contributed by atoms with van der Waals surface area (Å²) in [5, 5.41) is 0. The third kappa shape index (κ3) is 3.55. The zero-order chi connectivity index (χ0) is 19.5. The Bertz CT molecular complexity index is 976. The summed E-state index contributed by atoms with van der Waals surface area (Å²) in [6.45, 7) is 2.07. The molecular formula is C26H24O2. The van der Waals surface area contributed by atoms with Crippen LogP contribution in [0.3, 0.4) is 0 Å². The van der Waals surface area contributed by atoms with Crippen LogP contribution in [0.4, 0.5) is 0 Å². The number of benzene rings is 3. The molecule has 28 heavy (non-hydrogen) atoms. The molecule has 0 radical (unpaired) electrons. The highest BCUT2D eigenvalue weighted by Gasteiger charge is 2.43. The fraction of sp³-hybridized carbons (Fsp3) is 0.231. The molecule has 0 aliphatic heterocycles.